The SMILES string of the molecule is CC1CC(n2c(N)nc3cc(C(F)(F)F)ccc32)CCO1. The Balaban J connectivity index is 2.05. The number of imidazole rings is 1. The number of nitrogen functional groups attached to an aromatic ring is 1. The second-order valence-electron chi connectivity index (χ2n) is 5.40. The number of halogens is 3. The van der Waals surface area contributed by atoms with Crippen molar-refractivity contribution in [3.63, 3.8) is 0 Å². The summed E-state index contributed by atoms with van der Waals surface area (Å²) >= 11 is 0. The van der Waals surface area contributed by atoms with Crippen LogP contribution in [0, 0.1) is 0 Å². The number of anilines is 1. The lowest BCUT2D eigenvalue weighted by atomic mass is 10.0. The lowest BCUT2D eigenvalue weighted by Gasteiger charge is -2.29. The van der Waals surface area contributed by atoms with Gasteiger partial charge in [-0.25, -0.2) is 4.98 Å². The molecule has 1 saturated heterocycles. The van der Waals surface area contributed by atoms with Crippen LogP contribution in [0.3, 0.4) is 0 Å². The van der Waals surface area contributed by atoms with E-state index in [2.05, 4.69) is 4.98 Å². The van der Waals surface area contributed by atoms with Crippen molar-refractivity contribution in [3.05, 3.63) is 23.8 Å². The summed E-state index contributed by atoms with van der Waals surface area (Å²) in [5.41, 5.74) is 6.13. The topological polar surface area (TPSA) is 53.1 Å². The summed E-state index contributed by atoms with van der Waals surface area (Å²) < 4.78 is 45.6. The van der Waals surface area contributed by atoms with Crippen LogP contribution >= 0.6 is 0 Å². The Bertz CT molecular complexity index is 665. The largest absolute Gasteiger partial charge is 0.416 e. The van der Waals surface area contributed by atoms with E-state index in [1.54, 1.807) is 0 Å². The zero-order chi connectivity index (χ0) is 15.2. The molecular formula is C14H16F3N3O. The Labute approximate surface area is 119 Å². The molecule has 1 aliphatic rings. The van der Waals surface area contributed by atoms with Gasteiger partial charge in [-0.3, -0.25) is 0 Å². The van der Waals surface area contributed by atoms with Gasteiger partial charge in [0.1, 0.15) is 0 Å². The molecule has 0 spiro atoms. The van der Waals surface area contributed by atoms with Gasteiger partial charge in [0.25, 0.3) is 0 Å². The number of alkyl halides is 3. The summed E-state index contributed by atoms with van der Waals surface area (Å²) in [6, 6.07) is 3.67. The van der Waals surface area contributed by atoms with Crippen molar-refractivity contribution < 1.29 is 17.9 Å². The van der Waals surface area contributed by atoms with Crippen molar-refractivity contribution in [1.82, 2.24) is 9.55 Å². The maximum Gasteiger partial charge on any atom is 0.416 e. The molecule has 1 aromatic heterocycles. The molecule has 4 nitrogen and oxygen atoms in total. The van der Waals surface area contributed by atoms with Gasteiger partial charge in [0, 0.05) is 12.6 Å². The van der Waals surface area contributed by atoms with Crippen LogP contribution in [0.5, 0.6) is 0 Å². The Kier molecular flexibility index (Phi) is 3.32. The average molecular weight is 299 g/mol. The van der Waals surface area contributed by atoms with Crippen molar-refractivity contribution in [2.45, 2.75) is 38.1 Å². The van der Waals surface area contributed by atoms with Crippen LogP contribution in [-0.2, 0) is 10.9 Å². The molecular weight excluding hydrogens is 283 g/mol. The number of benzene rings is 1. The quantitative estimate of drug-likeness (QED) is 0.878. The van der Waals surface area contributed by atoms with Gasteiger partial charge in [0.15, 0.2) is 0 Å². The monoisotopic (exact) mass is 299 g/mol. The van der Waals surface area contributed by atoms with Gasteiger partial charge < -0.3 is 15.0 Å². The van der Waals surface area contributed by atoms with Crippen LogP contribution in [0.25, 0.3) is 11.0 Å². The molecule has 2 heterocycles. The van der Waals surface area contributed by atoms with Gasteiger partial charge in [-0.15, -0.1) is 0 Å². The lowest BCUT2D eigenvalue weighted by molar-refractivity contribution is -0.137. The van der Waals surface area contributed by atoms with Crippen LogP contribution < -0.4 is 5.73 Å². The average Bonchev–Trinajstić information content (AvgIpc) is 2.72. The Morgan fingerprint density at radius 2 is 2.14 bits per heavy atom. The van der Waals surface area contributed by atoms with Gasteiger partial charge in [0.05, 0.1) is 22.7 Å². The molecule has 1 fully saturated rings. The fourth-order valence-corrected chi connectivity index (χ4v) is 2.89. The minimum absolute atomic E-state index is 0.107. The van der Waals surface area contributed by atoms with E-state index in [9.17, 15) is 13.2 Å². The smallest absolute Gasteiger partial charge is 0.378 e. The maximum atomic E-state index is 12.7. The summed E-state index contributed by atoms with van der Waals surface area (Å²) in [5.74, 6) is 0.253. The minimum atomic E-state index is -4.38. The summed E-state index contributed by atoms with van der Waals surface area (Å²) in [5, 5.41) is 0. The van der Waals surface area contributed by atoms with Crippen molar-refractivity contribution in [3.8, 4) is 0 Å². The van der Waals surface area contributed by atoms with E-state index in [4.69, 9.17) is 10.5 Å². The first-order valence-corrected chi connectivity index (χ1v) is 6.82. The molecule has 0 bridgehead atoms. The van der Waals surface area contributed by atoms with Crippen molar-refractivity contribution in [2.24, 2.45) is 0 Å². The highest BCUT2D eigenvalue weighted by Crippen LogP contribution is 2.35. The van der Waals surface area contributed by atoms with Crippen molar-refractivity contribution >= 4 is 17.0 Å². The van der Waals surface area contributed by atoms with Crippen LogP contribution in [-0.4, -0.2) is 22.3 Å². The minimum Gasteiger partial charge on any atom is -0.378 e. The van der Waals surface area contributed by atoms with Gasteiger partial charge in [-0.05, 0) is 38.0 Å². The summed E-state index contributed by atoms with van der Waals surface area (Å²) in [6.07, 6.45) is -2.72. The summed E-state index contributed by atoms with van der Waals surface area (Å²) in [7, 11) is 0. The molecule has 2 N–H and O–H groups in total. The number of rotatable bonds is 1. The van der Waals surface area contributed by atoms with E-state index in [0.29, 0.717) is 12.1 Å². The van der Waals surface area contributed by atoms with Crippen LogP contribution in [0.4, 0.5) is 19.1 Å². The molecule has 3 rings (SSSR count). The van der Waals surface area contributed by atoms with Crippen molar-refractivity contribution in [1.29, 1.82) is 0 Å². The number of ether oxygens (including phenoxy) is 1. The molecule has 1 aliphatic heterocycles. The van der Waals surface area contributed by atoms with E-state index in [1.165, 1.54) is 6.07 Å². The number of nitrogens with two attached hydrogens (primary N) is 1. The Morgan fingerprint density at radius 3 is 2.81 bits per heavy atom. The van der Waals surface area contributed by atoms with Gasteiger partial charge in [0.2, 0.25) is 5.95 Å². The Morgan fingerprint density at radius 1 is 1.38 bits per heavy atom. The number of nitrogens with zero attached hydrogens (tertiary/aromatic N) is 2. The third-order valence-corrected chi connectivity index (χ3v) is 3.87. The zero-order valence-corrected chi connectivity index (χ0v) is 11.5. The standard InChI is InChI=1S/C14H16F3N3O/c1-8-6-10(4-5-21-8)20-12-3-2-9(14(15,16)17)7-11(12)19-13(20)18/h2-3,7-8,10H,4-6H2,1H3,(H2,18,19). The van der Waals surface area contributed by atoms with Gasteiger partial charge >= 0.3 is 6.18 Å². The molecule has 0 radical (unpaired) electrons. The number of hydrogen-bond acceptors (Lipinski definition) is 3. The second-order valence-corrected chi connectivity index (χ2v) is 5.40. The van der Waals surface area contributed by atoms with E-state index >= 15 is 0 Å². The predicted octanol–water partition coefficient (Wildman–Crippen LogP) is 3.38. The molecule has 2 aromatic rings. The molecule has 21 heavy (non-hydrogen) atoms. The lowest BCUT2D eigenvalue weighted by Crippen LogP contribution is -2.26. The van der Waals surface area contributed by atoms with E-state index < -0.39 is 11.7 Å². The molecule has 0 amide bonds. The number of hydrogen-bond donors (Lipinski definition) is 1. The molecule has 0 aliphatic carbocycles. The molecule has 2 atom stereocenters. The third kappa shape index (κ3) is 2.57. The molecule has 114 valence electrons. The first-order valence-electron chi connectivity index (χ1n) is 6.82. The number of aromatic nitrogens is 2. The molecule has 2 unspecified atom stereocenters. The van der Waals surface area contributed by atoms with Crippen molar-refractivity contribution in [2.75, 3.05) is 12.3 Å². The van der Waals surface area contributed by atoms with Crippen LogP contribution in [0.15, 0.2) is 18.2 Å². The fourth-order valence-electron chi connectivity index (χ4n) is 2.89. The van der Waals surface area contributed by atoms with E-state index in [1.807, 2.05) is 11.5 Å². The predicted molar refractivity (Wildman–Crippen MR) is 72.8 cm³/mol. The highest BCUT2D eigenvalue weighted by atomic mass is 19.4. The third-order valence-electron chi connectivity index (χ3n) is 3.87. The highest BCUT2D eigenvalue weighted by Gasteiger charge is 2.31. The van der Waals surface area contributed by atoms with Gasteiger partial charge in [-0.1, -0.05) is 0 Å². The molecule has 1 aromatic carbocycles. The Hall–Kier alpha value is -1.76. The van der Waals surface area contributed by atoms with E-state index in [0.717, 1.165) is 25.0 Å². The van der Waals surface area contributed by atoms with Crippen LogP contribution in [0.2, 0.25) is 0 Å². The van der Waals surface area contributed by atoms with Gasteiger partial charge in [-0.2, -0.15) is 13.2 Å². The zero-order valence-electron chi connectivity index (χ0n) is 11.5. The molecule has 0 saturated carbocycles. The normalized spacial score (nSPS) is 23.6. The molecule has 7 heteroatoms. The fraction of sp³-hybridized carbons (Fsp3) is 0.500. The second kappa shape index (κ2) is 4.91. The maximum absolute atomic E-state index is 12.7. The van der Waals surface area contributed by atoms with Crippen LogP contribution in [0.1, 0.15) is 31.4 Å². The first-order chi connectivity index (χ1) is 9.86. The van der Waals surface area contributed by atoms with E-state index in [-0.39, 0.29) is 23.6 Å². The highest BCUT2D eigenvalue weighted by molar-refractivity contribution is 5.79. The first kappa shape index (κ1) is 14.2. The number of fused-ring (bicyclic) bond motifs is 1. The summed E-state index contributed by atoms with van der Waals surface area (Å²) in [6.45, 7) is 2.59. The summed E-state index contributed by atoms with van der Waals surface area (Å²) in [4.78, 5) is 4.09.